The fourth-order valence-electron chi connectivity index (χ4n) is 5.86. The van der Waals surface area contributed by atoms with E-state index in [1.54, 1.807) is 0 Å². The van der Waals surface area contributed by atoms with Gasteiger partial charge in [0.25, 0.3) is 8.32 Å². The van der Waals surface area contributed by atoms with Gasteiger partial charge < -0.3 is 18.6 Å². The second-order valence-corrected chi connectivity index (χ2v) is 17.8. The molecule has 0 aliphatic carbocycles. The van der Waals surface area contributed by atoms with Crippen LogP contribution in [0, 0.1) is 5.92 Å². The Bertz CT molecular complexity index is 1140. The molecule has 0 aromatic heterocycles. The lowest BCUT2D eigenvalue weighted by Gasteiger charge is -2.44. The highest BCUT2D eigenvalue weighted by Crippen LogP contribution is 2.40. The van der Waals surface area contributed by atoms with Crippen molar-refractivity contribution in [1.82, 2.24) is 4.90 Å². The molecule has 2 aromatic rings. The molecule has 1 amide bonds. The van der Waals surface area contributed by atoms with Crippen LogP contribution in [-0.4, -0.2) is 68.4 Å². The number of Topliss-reactive ketones (excluding diaryl/α,β-unsaturated/α-hetero) is 1. The van der Waals surface area contributed by atoms with Gasteiger partial charge >= 0.3 is 6.09 Å². The van der Waals surface area contributed by atoms with Gasteiger partial charge in [0.05, 0.1) is 13.2 Å². The molecule has 40 heavy (non-hydrogen) atoms. The predicted octanol–water partition coefficient (Wildman–Crippen LogP) is 4.91. The summed E-state index contributed by atoms with van der Waals surface area (Å²) in [6.07, 6.45) is -0.0449. The van der Waals surface area contributed by atoms with Gasteiger partial charge in [-0.1, -0.05) is 81.4 Å². The second-order valence-electron chi connectivity index (χ2n) is 13.5. The van der Waals surface area contributed by atoms with Crippen LogP contribution in [0.25, 0.3) is 0 Å². The first kappa shape index (κ1) is 30.4. The van der Waals surface area contributed by atoms with Gasteiger partial charge in [-0.25, -0.2) is 4.79 Å². The van der Waals surface area contributed by atoms with Crippen molar-refractivity contribution in [3.05, 3.63) is 60.7 Å². The molecule has 0 radical (unpaired) electrons. The van der Waals surface area contributed by atoms with Gasteiger partial charge in [-0.2, -0.15) is 0 Å². The van der Waals surface area contributed by atoms with Crippen LogP contribution in [-0.2, 0) is 23.4 Å². The van der Waals surface area contributed by atoms with E-state index in [1.807, 2.05) is 46.8 Å². The molecular weight excluding hydrogens is 522 g/mol. The molecule has 218 valence electrons. The summed E-state index contributed by atoms with van der Waals surface area (Å²) in [6.45, 7) is 16.6. The fourth-order valence-corrected chi connectivity index (χ4v) is 10.4. The molecule has 1 atom stereocenters. The largest absolute Gasteiger partial charge is 0.444 e. The summed E-state index contributed by atoms with van der Waals surface area (Å²) < 4.78 is 24.6. The lowest BCUT2D eigenvalue weighted by molar-refractivity contribution is -0.275. The number of likely N-dealkylation sites (tertiary alicyclic amines) is 1. The van der Waals surface area contributed by atoms with Gasteiger partial charge in [-0.15, -0.1) is 0 Å². The van der Waals surface area contributed by atoms with E-state index in [4.69, 9.17) is 18.6 Å². The van der Waals surface area contributed by atoms with Crippen molar-refractivity contribution in [1.29, 1.82) is 0 Å². The Morgan fingerprint density at radius 2 is 1.43 bits per heavy atom. The number of carbonyl (C=O) groups excluding carboxylic acids is 2. The molecule has 4 rings (SSSR count). The molecule has 1 spiro atoms. The van der Waals surface area contributed by atoms with Crippen molar-refractivity contribution in [3.8, 4) is 0 Å². The summed E-state index contributed by atoms with van der Waals surface area (Å²) in [5.74, 6) is -1.30. The summed E-state index contributed by atoms with van der Waals surface area (Å²) >= 11 is 0. The van der Waals surface area contributed by atoms with Gasteiger partial charge in [0.2, 0.25) is 0 Å². The van der Waals surface area contributed by atoms with Crippen molar-refractivity contribution in [2.75, 3.05) is 26.4 Å². The number of ketones is 1. The van der Waals surface area contributed by atoms with Gasteiger partial charge in [0.15, 0.2) is 17.1 Å². The molecule has 2 aliphatic heterocycles. The van der Waals surface area contributed by atoms with Crippen molar-refractivity contribution >= 4 is 30.6 Å². The van der Waals surface area contributed by atoms with Crippen LogP contribution < -0.4 is 10.4 Å². The third-order valence-electron chi connectivity index (χ3n) is 7.88. The van der Waals surface area contributed by atoms with Crippen LogP contribution in [0.5, 0.6) is 0 Å². The average molecular weight is 568 g/mol. The zero-order valence-corrected chi connectivity index (χ0v) is 26.3. The first-order chi connectivity index (χ1) is 18.6. The Hall–Kier alpha value is -2.52. The highest BCUT2D eigenvalue weighted by atomic mass is 28.4. The molecule has 8 heteroatoms. The van der Waals surface area contributed by atoms with Crippen LogP contribution >= 0.6 is 0 Å². The van der Waals surface area contributed by atoms with Crippen LogP contribution in [0.15, 0.2) is 60.7 Å². The number of hydrogen-bond donors (Lipinski definition) is 0. The van der Waals surface area contributed by atoms with Gasteiger partial charge in [0, 0.05) is 19.1 Å². The van der Waals surface area contributed by atoms with Crippen LogP contribution in [0.4, 0.5) is 4.79 Å². The van der Waals surface area contributed by atoms with E-state index >= 15 is 0 Å². The Labute approximate surface area is 240 Å². The maximum absolute atomic E-state index is 14.0. The maximum atomic E-state index is 14.0. The zero-order chi connectivity index (χ0) is 29.4. The highest BCUT2D eigenvalue weighted by molar-refractivity contribution is 6.99. The average Bonchev–Trinajstić information content (AvgIpc) is 3.14. The van der Waals surface area contributed by atoms with Crippen LogP contribution in [0.1, 0.15) is 61.8 Å². The molecular formula is C32H45NO6Si. The molecule has 2 fully saturated rings. The minimum absolute atomic E-state index is 0.0556. The van der Waals surface area contributed by atoms with E-state index < -0.39 is 37.3 Å². The van der Waals surface area contributed by atoms with Crippen LogP contribution in [0.3, 0.4) is 0 Å². The molecule has 0 N–H and O–H groups in total. The summed E-state index contributed by atoms with van der Waals surface area (Å²) in [6, 6.07) is 20.9. The third kappa shape index (κ3) is 5.91. The Kier molecular flexibility index (Phi) is 8.40. The summed E-state index contributed by atoms with van der Waals surface area (Å²) in [5.41, 5.74) is -1.90. The first-order valence-electron chi connectivity index (χ1n) is 14.2. The molecule has 2 aliphatic rings. The first-order valence-corrected chi connectivity index (χ1v) is 16.1. The van der Waals surface area contributed by atoms with Crippen molar-refractivity contribution in [2.45, 2.75) is 83.8 Å². The smallest absolute Gasteiger partial charge is 0.411 e. The van der Waals surface area contributed by atoms with Crippen LogP contribution in [0.2, 0.25) is 5.04 Å². The number of rotatable bonds is 6. The number of ether oxygens (including phenoxy) is 3. The van der Waals surface area contributed by atoms with Crippen molar-refractivity contribution in [3.63, 3.8) is 0 Å². The number of benzene rings is 2. The molecule has 0 bridgehead atoms. The minimum atomic E-state index is -2.75. The Morgan fingerprint density at radius 1 is 0.925 bits per heavy atom. The Balaban J connectivity index is 1.61. The predicted molar refractivity (Wildman–Crippen MR) is 158 cm³/mol. The lowest BCUT2D eigenvalue weighted by Crippen LogP contribution is -2.66. The summed E-state index contributed by atoms with van der Waals surface area (Å²) in [4.78, 5) is 28.9. The third-order valence-corrected chi connectivity index (χ3v) is 12.9. The number of hydrogen-bond acceptors (Lipinski definition) is 6. The molecule has 2 saturated heterocycles. The molecule has 0 unspecified atom stereocenters. The number of carbonyl (C=O) groups is 2. The Morgan fingerprint density at radius 3 is 1.88 bits per heavy atom. The topological polar surface area (TPSA) is 74.3 Å². The minimum Gasteiger partial charge on any atom is -0.444 e. The van der Waals surface area contributed by atoms with Crippen molar-refractivity contribution < 1.29 is 28.2 Å². The van der Waals surface area contributed by atoms with Crippen molar-refractivity contribution in [2.24, 2.45) is 5.92 Å². The lowest BCUT2D eigenvalue weighted by atomic mass is 9.89. The summed E-state index contributed by atoms with van der Waals surface area (Å²) in [7, 11) is -2.75. The number of nitrogens with zero attached hydrogens (tertiary/aromatic N) is 1. The quantitative estimate of drug-likeness (QED) is 0.462. The van der Waals surface area contributed by atoms with Gasteiger partial charge in [-0.05, 0) is 56.5 Å². The van der Waals surface area contributed by atoms with E-state index in [0.717, 1.165) is 0 Å². The fraction of sp³-hybridized carbons (Fsp3) is 0.562. The zero-order valence-electron chi connectivity index (χ0n) is 25.3. The molecule has 0 saturated carbocycles. The monoisotopic (exact) mass is 567 g/mol. The second kappa shape index (κ2) is 11.0. The van der Waals surface area contributed by atoms with Gasteiger partial charge in [-0.3, -0.25) is 9.69 Å². The normalized spacial score (nSPS) is 21.1. The molecule has 2 heterocycles. The van der Waals surface area contributed by atoms with E-state index in [0.29, 0.717) is 13.0 Å². The van der Waals surface area contributed by atoms with E-state index in [1.165, 1.54) is 15.3 Å². The summed E-state index contributed by atoms with van der Waals surface area (Å²) in [5, 5.41) is 2.21. The number of amides is 1. The highest BCUT2D eigenvalue weighted by Gasteiger charge is 2.59. The maximum Gasteiger partial charge on any atom is 0.411 e. The molecule has 2 aromatic carbocycles. The van der Waals surface area contributed by atoms with E-state index in [9.17, 15) is 9.59 Å². The van der Waals surface area contributed by atoms with Gasteiger partial charge in [0.1, 0.15) is 5.60 Å². The standard InChI is InChI=1S/C32H45NO6Si/c1-29(2,3)39-28(35)33-21-24(27(34)32(33)22-36-31(7,8)37-23-32)19-20-38-40(30(4,5)6,25-15-11-9-12-16-25)26-17-13-10-14-18-26/h9-18,24H,19-23H2,1-8H3/t24-/m0/s1. The van der Waals surface area contributed by atoms with E-state index in [2.05, 4.69) is 69.3 Å². The molecule has 7 nitrogen and oxygen atoms in total. The van der Waals surface area contributed by atoms with E-state index in [-0.39, 0.29) is 30.6 Å². The SMILES string of the molecule is CC(C)(C)OC(=O)N1C[C@H](CCO[Si](c2ccccc2)(c2ccccc2)C(C)(C)C)C(=O)C12COC(C)(C)OC2.